The van der Waals surface area contributed by atoms with E-state index in [0.717, 1.165) is 24.7 Å². The standard InChI is InChI=1S/C10H14O/c11-7-10-8-5-3-1-2-4-6-9(8)10/h8-11H,3-7H2/t8-,9?,10?/m1/s1. The molecule has 2 unspecified atom stereocenters. The maximum absolute atomic E-state index is 8.98. The molecule has 0 radical (unpaired) electrons. The van der Waals surface area contributed by atoms with Crippen molar-refractivity contribution in [2.24, 2.45) is 17.8 Å². The zero-order chi connectivity index (χ0) is 7.68. The van der Waals surface area contributed by atoms with Crippen LogP contribution in [0.5, 0.6) is 0 Å². The van der Waals surface area contributed by atoms with Crippen molar-refractivity contribution in [2.75, 3.05) is 6.61 Å². The topological polar surface area (TPSA) is 20.2 Å². The van der Waals surface area contributed by atoms with Crippen LogP contribution in [0.4, 0.5) is 0 Å². The fourth-order valence-electron chi connectivity index (χ4n) is 2.31. The lowest BCUT2D eigenvalue weighted by Crippen LogP contribution is -1.88. The summed E-state index contributed by atoms with van der Waals surface area (Å²) in [5, 5.41) is 8.98. The van der Waals surface area contributed by atoms with Crippen LogP contribution in [0.2, 0.25) is 0 Å². The summed E-state index contributed by atoms with van der Waals surface area (Å²) in [4.78, 5) is 0. The van der Waals surface area contributed by atoms with Crippen molar-refractivity contribution in [3.05, 3.63) is 0 Å². The molecule has 0 aliphatic heterocycles. The quantitative estimate of drug-likeness (QED) is 0.560. The summed E-state index contributed by atoms with van der Waals surface area (Å²) in [6, 6.07) is 0. The molecule has 0 aromatic heterocycles. The molecule has 0 saturated heterocycles. The normalized spacial score (nSPS) is 41.0. The predicted molar refractivity (Wildman–Crippen MR) is 43.8 cm³/mol. The van der Waals surface area contributed by atoms with Gasteiger partial charge in [0.05, 0.1) is 0 Å². The van der Waals surface area contributed by atoms with Gasteiger partial charge in [-0.3, -0.25) is 0 Å². The van der Waals surface area contributed by atoms with Crippen molar-refractivity contribution in [3.63, 3.8) is 0 Å². The highest BCUT2D eigenvalue weighted by molar-refractivity contribution is 5.07. The molecule has 1 fully saturated rings. The van der Waals surface area contributed by atoms with Crippen LogP contribution in [0.3, 0.4) is 0 Å². The summed E-state index contributed by atoms with van der Waals surface area (Å²) in [5.41, 5.74) is 0. The molecule has 0 spiro atoms. The molecule has 0 aromatic rings. The van der Waals surface area contributed by atoms with Crippen LogP contribution < -0.4 is 0 Å². The highest BCUT2D eigenvalue weighted by Crippen LogP contribution is 2.51. The molecular weight excluding hydrogens is 136 g/mol. The van der Waals surface area contributed by atoms with E-state index in [2.05, 4.69) is 11.8 Å². The maximum Gasteiger partial charge on any atom is 0.0464 e. The lowest BCUT2D eigenvalue weighted by Gasteiger charge is -1.96. The molecule has 11 heavy (non-hydrogen) atoms. The van der Waals surface area contributed by atoms with Crippen molar-refractivity contribution < 1.29 is 5.11 Å². The van der Waals surface area contributed by atoms with E-state index in [1.165, 1.54) is 12.8 Å². The van der Waals surface area contributed by atoms with E-state index >= 15 is 0 Å². The molecule has 60 valence electrons. The molecule has 2 aliphatic carbocycles. The first-order chi connectivity index (χ1) is 5.43. The van der Waals surface area contributed by atoms with Gasteiger partial charge in [0.25, 0.3) is 0 Å². The first-order valence-corrected chi connectivity index (χ1v) is 4.50. The molecule has 2 rings (SSSR count). The van der Waals surface area contributed by atoms with Crippen molar-refractivity contribution >= 4 is 0 Å². The number of fused-ring (bicyclic) bond motifs is 1. The summed E-state index contributed by atoms with van der Waals surface area (Å²) < 4.78 is 0. The lowest BCUT2D eigenvalue weighted by atomic mass is 10.1. The molecular formula is C10H14O. The van der Waals surface area contributed by atoms with Crippen LogP contribution in [0.25, 0.3) is 0 Å². The Bertz CT molecular complexity index is 181. The molecule has 1 saturated carbocycles. The van der Waals surface area contributed by atoms with Gasteiger partial charge in [-0.05, 0) is 30.6 Å². The lowest BCUT2D eigenvalue weighted by molar-refractivity contribution is 0.262. The number of aliphatic hydroxyl groups is 1. The second kappa shape index (κ2) is 2.87. The largest absolute Gasteiger partial charge is 0.396 e. The van der Waals surface area contributed by atoms with E-state index in [1.54, 1.807) is 0 Å². The Morgan fingerprint density at radius 3 is 2.09 bits per heavy atom. The summed E-state index contributed by atoms with van der Waals surface area (Å²) in [7, 11) is 0. The van der Waals surface area contributed by atoms with Crippen molar-refractivity contribution in [3.8, 4) is 11.8 Å². The zero-order valence-electron chi connectivity index (χ0n) is 6.71. The summed E-state index contributed by atoms with van der Waals surface area (Å²) >= 11 is 0. The minimum absolute atomic E-state index is 0.398. The highest BCUT2D eigenvalue weighted by Gasteiger charge is 2.47. The van der Waals surface area contributed by atoms with Gasteiger partial charge in [0, 0.05) is 19.4 Å². The van der Waals surface area contributed by atoms with Crippen molar-refractivity contribution in [1.29, 1.82) is 0 Å². The van der Waals surface area contributed by atoms with E-state index in [1.807, 2.05) is 0 Å². The minimum Gasteiger partial charge on any atom is -0.396 e. The fourth-order valence-corrected chi connectivity index (χ4v) is 2.31. The van der Waals surface area contributed by atoms with E-state index in [-0.39, 0.29) is 0 Å². The van der Waals surface area contributed by atoms with Gasteiger partial charge >= 0.3 is 0 Å². The third kappa shape index (κ3) is 1.28. The molecule has 3 atom stereocenters. The SMILES string of the molecule is OCC1C2CCC#CCC[C@@H]12. The average Bonchev–Trinajstić information content (AvgIpc) is 2.60. The second-order valence-corrected chi connectivity index (χ2v) is 3.61. The van der Waals surface area contributed by atoms with Gasteiger partial charge in [0.2, 0.25) is 0 Å². The Labute approximate surface area is 67.8 Å². The Kier molecular flexibility index (Phi) is 1.87. The van der Waals surface area contributed by atoms with Gasteiger partial charge < -0.3 is 5.11 Å². The van der Waals surface area contributed by atoms with Gasteiger partial charge in [-0.15, -0.1) is 11.8 Å². The smallest absolute Gasteiger partial charge is 0.0464 e. The van der Waals surface area contributed by atoms with Crippen LogP contribution in [0, 0.1) is 29.6 Å². The number of rotatable bonds is 1. The third-order valence-electron chi connectivity index (χ3n) is 3.05. The van der Waals surface area contributed by atoms with Gasteiger partial charge in [-0.1, -0.05) is 0 Å². The summed E-state index contributed by atoms with van der Waals surface area (Å²) in [5.74, 6) is 8.57. The second-order valence-electron chi connectivity index (χ2n) is 3.61. The van der Waals surface area contributed by atoms with Crippen molar-refractivity contribution in [2.45, 2.75) is 25.7 Å². The molecule has 0 aromatic carbocycles. The van der Waals surface area contributed by atoms with Crippen molar-refractivity contribution in [1.82, 2.24) is 0 Å². The molecule has 1 heteroatoms. The van der Waals surface area contributed by atoms with Gasteiger partial charge in [0.15, 0.2) is 0 Å². The number of aliphatic hydroxyl groups excluding tert-OH is 1. The Morgan fingerprint density at radius 2 is 1.64 bits per heavy atom. The number of hydrogen-bond acceptors (Lipinski definition) is 1. The van der Waals surface area contributed by atoms with Crippen LogP contribution >= 0.6 is 0 Å². The Balaban J connectivity index is 1.93. The first kappa shape index (κ1) is 7.18. The highest BCUT2D eigenvalue weighted by atomic mass is 16.3. The monoisotopic (exact) mass is 150 g/mol. The van der Waals surface area contributed by atoms with Crippen LogP contribution in [0.1, 0.15) is 25.7 Å². The molecule has 2 aliphatic rings. The zero-order valence-corrected chi connectivity index (χ0v) is 6.71. The predicted octanol–water partition coefficient (Wildman–Crippen LogP) is 1.42. The molecule has 1 nitrogen and oxygen atoms in total. The Hall–Kier alpha value is -0.480. The summed E-state index contributed by atoms with van der Waals surface area (Å²) in [6.45, 7) is 0.398. The van der Waals surface area contributed by atoms with Crippen LogP contribution in [0.15, 0.2) is 0 Å². The molecule has 1 N–H and O–H groups in total. The Morgan fingerprint density at radius 1 is 1.09 bits per heavy atom. The molecule has 0 amide bonds. The molecule has 0 heterocycles. The van der Waals surface area contributed by atoms with E-state index in [0.29, 0.717) is 12.5 Å². The van der Waals surface area contributed by atoms with Gasteiger partial charge in [0.1, 0.15) is 0 Å². The van der Waals surface area contributed by atoms with Gasteiger partial charge in [-0.25, -0.2) is 0 Å². The van der Waals surface area contributed by atoms with E-state index in [9.17, 15) is 0 Å². The van der Waals surface area contributed by atoms with E-state index < -0.39 is 0 Å². The van der Waals surface area contributed by atoms with Crippen LogP contribution in [-0.2, 0) is 0 Å². The summed E-state index contributed by atoms with van der Waals surface area (Å²) in [6.07, 6.45) is 4.56. The fraction of sp³-hybridized carbons (Fsp3) is 0.800. The maximum atomic E-state index is 8.98. The van der Waals surface area contributed by atoms with Crippen LogP contribution in [-0.4, -0.2) is 11.7 Å². The minimum atomic E-state index is 0.398. The molecule has 0 bridgehead atoms. The first-order valence-electron chi connectivity index (χ1n) is 4.50. The average molecular weight is 150 g/mol. The number of hydrogen-bond donors (Lipinski definition) is 1. The van der Waals surface area contributed by atoms with E-state index in [4.69, 9.17) is 5.11 Å². The van der Waals surface area contributed by atoms with Gasteiger partial charge in [-0.2, -0.15) is 0 Å². The third-order valence-corrected chi connectivity index (χ3v) is 3.05.